The first-order valence-corrected chi connectivity index (χ1v) is 14.0. The van der Waals surface area contributed by atoms with E-state index in [2.05, 4.69) is 0 Å². The molecule has 21 heteroatoms. The molecule has 0 aliphatic carbocycles. The van der Waals surface area contributed by atoms with Gasteiger partial charge in [0.2, 0.25) is 0 Å². The van der Waals surface area contributed by atoms with Gasteiger partial charge >= 0.3 is 236 Å². The standard InChI is InChI=1S/4C6F5.Ru/c4*7-2-1-3(8)5(10)6(11)4(2)9;. The van der Waals surface area contributed by atoms with Crippen LogP contribution in [0.3, 0.4) is 0 Å². The van der Waals surface area contributed by atoms with Gasteiger partial charge < -0.3 is 0 Å². The van der Waals surface area contributed by atoms with Crippen LogP contribution in [0.1, 0.15) is 0 Å². The molecule has 0 unspecified atom stereocenters. The van der Waals surface area contributed by atoms with Crippen molar-refractivity contribution in [2.75, 3.05) is 0 Å². The molecule has 0 fully saturated rings. The molecule has 0 aliphatic rings. The molecule has 45 heavy (non-hydrogen) atoms. The van der Waals surface area contributed by atoms with Gasteiger partial charge in [-0.3, -0.25) is 0 Å². The topological polar surface area (TPSA) is 0 Å². The first kappa shape index (κ1) is 34.0. The van der Waals surface area contributed by atoms with Crippen LogP contribution in [0.15, 0.2) is 0 Å². The summed E-state index contributed by atoms with van der Waals surface area (Å²) in [5.74, 6) is -70.7. The molecule has 0 aliphatic heterocycles. The molecular weight excluding hydrogens is 769 g/mol. The Morgan fingerprint density at radius 1 is 0.156 bits per heavy atom. The van der Waals surface area contributed by atoms with E-state index in [0.29, 0.717) is 0 Å². The number of rotatable bonds is 4. The van der Waals surface area contributed by atoms with E-state index in [-0.39, 0.29) is 0 Å². The van der Waals surface area contributed by atoms with E-state index in [4.69, 9.17) is 0 Å². The van der Waals surface area contributed by atoms with Crippen molar-refractivity contribution in [1.82, 2.24) is 0 Å². The van der Waals surface area contributed by atoms with Gasteiger partial charge in [-0.05, 0) is 0 Å². The van der Waals surface area contributed by atoms with Crippen LogP contribution >= 0.6 is 0 Å². The van der Waals surface area contributed by atoms with Gasteiger partial charge in [-0.15, -0.1) is 0 Å². The molecule has 4 rings (SSSR count). The second-order valence-electron chi connectivity index (χ2n) is 8.02. The molecule has 0 nitrogen and oxygen atoms in total. The summed E-state index contributed by atoms with van der Waals surface area (Å²) in [6.07, 6.45) is 0. The molecule has 0 heterocycles. The second kappa shape index (κ2) is 11.2. The average Bonchev–Trinajstić information content (AvgIpc) is 3.00. The number of hydrogen-bond acceptors (Lipinski definition) is 0. The van der Waals surface area contributed by atoms with Crippen molar-refractivity contribution in [2.24, 2.45) is 0 Å². The molecule has 4 aromatic carbocycles. The summed E-state index contributed by atoms with van der Waals surface area (Å²) < 4.78 is 280. The Morgan fingerprint density at radius 3 is 0.356 bits per heavy atom. The maximum atomic E-state index is 15.4. The van der Waals surface area contributed by atoms with E-state index >= 15 is 35.1 Å². The van der Waals surface area contributed by atoms with Crippen LogP contribution in [0.5, 0.6) is 0 Å². The molecule has 0 bridgehead atoms. The van der Waals surface area contributed by atoms with Gasteiger partial charge in [0.15, 0.2) is 0 Å². The van der Waals surface area contributed by atoms with Crippen LogP contribution < -0.4 is 16.6 Å². The Kier molecular flexibility index (Phi) is 8.43. The first-order valence-electron chi connectivity index (χ1n) is 10.5. The van der Waals surface area contributed by atoms with E-state index in [0.717, 1.165) is 0 Å². The summed E-state index contributed by atoms with van der Waals surface area (Å²) in [4.78, 5) is 0. The van der Waals surface area contributed by atoms with E-state index in [1.807, 2.05) is 0 Å². The number of benzene rings is 4. The molecule has 4 aromatic rings. The molecule has 0 N–H and O–H groups in total. The fraction of sp³-hybridized carbons (Fsp3) is 0. The third kappa shape index (κ3) is 4.32. The van der Waals surface area contributed by atoms with Crippen LogP contribution in [0.2, 0.25) is 0 Å². The molecule has 0 atom stereocenters. The van der Waals surface area contributed by atoms with Crippen LogP contribution in [-0.4, -0.2) is 0 Å². The third-order valence-corrected chi connectivity index (χ3v) is 13.9. The summed E-state index contributed by atoms with van der Waals surface area (Å²) >= 11 is -9.14. The van der Waals surface area contributed by atoms with Crippen molar-refractivity contribution in [3.05, 3.63) is 116 Å². The summed E-state index contributed by atoms with van der Waals surface area (Å²) in [6.45, 7) is 0. The minimum absolute atomic E-state index is 3.32. The summed E-state index contributed by atoms with van der Waals surface area (Å²) in [7, 11) is 0. The zero-order chi connectivity index (χ0) is 34.4. The molecule has 0 radical (unpaired) electrons. The zero-order valence-electron chi connectivity index (χ0n) is 19.9. The first-order chi connectivity index (χ1) is 20.7. The molecular formula is C24F20Ru. The Balaban J connectivity index is 2.69. The predicted molar refractivity (Wildman–Crippen MR) is 103 cm³/mol. The van der Waals surface area contributed by atoms with Gasteiger partial charge in [0, 0.05) is 0 Å². The Hall–Kier alpha value is -3.90. The van der Waals surface area contributed by atoms with E-state index < -0.39 is 148 Å². The number of hydrogen-bond donors (Lipinski definition) is 0. The van der Waals surface area contributed by atoms with Crippen molar-refractivity contribution in [3.8, 4) is 0 Å². The fourth-order valence-electron chi connectivity index (χ4n) is 3.75. The summed E-state index contributed by atoms with van der Waals surface area (Å²) in [5, 5.41) is 0. The van der Waals surface area contributed by atoms with E-state index in [9.17, 15) is 52.7 Å². The van der Waals surface area contributed by atoms with Crippen LogP contribution in [0.25, 0.3) is 0 Å². The second-order valence-corrected chi connectivity index (χ2v) is 14.1. The van der Waals surface area contributed by atoms with Crippen LogP contribution in [0, 0.1) is 116 Å². The third-order valence-electron chi connectivity index (χ3n) is 5.64. The average molecular weight is 769 g/mol. The molecule has 0 saturated carbocycles. The van der Waals surface area contributed by atoms with Gasteiger partial charge in [0.05, 0.1) is 0 Å². The molecule has 0 saturated heterocycles. The van der Waals surface area contributed by atoms with E-state index in [1.165, 1.54) is 0 Å². The van der Waals surface area contributed by atoms with Gasteiger partial charge in [-0.25, -0.2) is 0 Å². The van der Waals surface area contributed by atoms with Crippen molar-refractivity contribution in [2.45, 2.75) is 0 Å². The molecule has 0 amide bonds. The monoisotopic (exact) mass is 770 g/mol. The Labute approximate surface area is 235 Å². The molecule has 0 aromatic heterocycles. The van der Waals surface area contributed by atoms with Crippen LogP contribution in [0.4, 0.5) is 87.8 Å². The van der Waals surface area contributed by atoms with E-state index in [1.54, 1.807) is 0 Å². The summed E-state index contributed by atoms with van der Waals surface area (Å²) in [6, 6.07) is 0. The molecule has 244 valence electrons. The SMILES string of the molecule is Fc1c(F)c(F)[c]([Ru]([c]2c(F)c(F)c(F)c(F)c2F)([c]2c(F)c(F)c(F)c(F)c2F)[c]2c(F)c(F)c(F)c(F)c2F)c(F)c1F. The number of halogens is 20. The fourth-order valence-corrected chi connectivity index (χ4v) is 12.5. The Bertz CT molecular complexity index is 1570. The minimum atomic E-state index is -9.14. The quantitative estimate of drug-likeness (QED) is 0.100. The van der Waals surface area contributed by atoms with Crippen molar-refractivity contribution < 1.29 is 103 Å². The van der Waals surface area contributed by atoms with Gasteiger partial charge in [0.1, 0.15) is 0 Å². The molecule has 0 spiro atoms. The normalized spacial score (nSPS) is 12.4. The summed E-state index contributed by atoms with van der Waals surface area (Å²) in [5.41, 5.74) is 0. The van der Waals surface area contributed by atoms with Crippen LogP contribution in [-0.2, 0) is 14.8 Å². The van der Waals surface area contributed by atoms with Crippen molar-refractivity contribution >= 4 is 16.6 Å². The van der Waals surface area contributed by atoms with Gasteiger partial charge in [-0.2, -0.15) is 0 Å². The zero-order valence-corrected chi connectivity index (χ0v) is 21.7. The van der Waals surface area contributed by atoms with Crippen molar-refractivity contribution in [1.29, 1.82) is 0 Å². The van der Waals surface area contributed by atoms with Gasteiger partial charge in [-0.1, -0.05) is 0 Å². The predicted octanol–water partition coefficient (Wildman–Crippen LogP) is 6.22. The van der Waals surface area contributed by atoms with Crippen molar-refractivity contribution in [3.63, 3.8) is 0 Å². The van der Waals surface area contributed by atoms with Gasteiger partial charge in [0.25, 0.3) is 0 Å². The maximum absolute atomic E-state index is 15.4. The Morgan fingerprint density at radius 2 is 0.244 bits per heavy atom.